The molecule has 0 atom stereocenters. The van der Waals surface area contributed by atoms with Crippen LogP contribution in [0.1, 0.15) is 15.9 Å². The Hall–Kier alpha value is -4.16. The van der Waals surface area contributed by atoms with Crippen molar-refractivity contribution in [2.75, 3.05) is 6.61 Å². The first-order valence-corrected chi connectivity index (χ1v) is 10.5. The minimum atomic E-state index is -0.430. The number of amides is 1. The fourth-order valence-electron chi connectivity index (χ4n) is 3.10. The highest BCUT2D eigenvalue weighted by Gasteiger charge is 2.12. The summed E-state index contributed by atoms with van der Waals surface area (Å²) in [6.45, 7) is -0.194. The zero-order valence-electron chi connectivity index (χ0n) is 17.4. The molecule has 4 aromatic carbocycles. The summed E-state index contributed by atoms with van der Waals surface area (Å²) in [5.74, 6) is 0.0614. The van der Waals surface area contributed by atoms with Crippen molar-refractivity contribution in [3.8, 4) is 11.5 Å². The van der Waals surface area contributed by atoms with Gasteiger partial charge >= 0.3 is 5.97 Å². The average molecular weight is 459 g/mol. The number of benzene rings is 4. The predicted octanol–water partition coefficient (Wildman–Crippen LogP) is 5.24. The van der Waals surface area contributed by atoms with Crippen LogP contribution in [0.25, 0.3) is 10.8 Å². The summed E-state index contributed by atoms with van der Waals surface area (Å²) in [6.07, 6.45) is 1.48. The Balaban J connectivity index is 1.30. The van der Waals surface area contributed by atoms with Gasteiger partial charge in [-0.25, -0.2) is 10.2 Å². The molecule has 7 heteroatoms. The second-order valence-corrected chi connectivity index (χ2v) is 7.46. The summed E-state index contributed by atoms with van der Waals surface area (Å²) in [5, 5.41) is 6.24. The highest BCUT2D eigenvalue weighted by atomic mass is 35.5. The SMILES string of the molecule is O=C(COc1cccc(Cl)c1)N/N=C/c1ccc(OC(=O)c2cccc3ccccc23)cc1. The summed E-state index contributed by atoms with van der Waals surface area (Å²) in [5.41, 5.74) is 3.61. The van der Waals surface area contributed by atoms with Crippen LogP contribution in [-0.4, -0.2) is 24.7 Å². The van der Waals surface area contributed by atoms with Gasteiger partial charge < -0.3 is 9.47 Å². The van der Waals surface area contributed by atoms with E-state index in [1.807, 2.05) is 36.4 Å². The van der Waals surface area contributed by atoms with Gasteiger partial charge in [-0.15, -0.1) is 0 Å². The van der Waals surface area contributed by atoms with E-state index in [1.54, 1.807) is 54.6 Å². The largest absolute Gasteiger partial charge is 0.484 e. The maximum Gasteiger partial charge on any atom is 0.344 e. The molecule has 0 spiro atoms. The number of esters is 1. The average Bonchev–Trinajstić information content (AvgIpc) is 2.83. The van der Waals surface area contributed by atoms with E-state index in [4.69, 9.17) is 21.1 Å². The van der Waals surface area contributed by atoms with Gasteiger partial charge in [0.15, 0.2) is 6.61 Å². The number of hydrogen-bond acceptors (Lipinski definition) is 5. The molecular weight excluding hydrogens is 440 g/mol. The van der Waals surface area contributed by atoms with Gasteiger partial charge in [-0.2, -0.15) is 5.10 Å². The molecule has 1 amide bonds. The van der Waals surface area contributed by atoms with Crippen LogP contribution in [0.4, 0.5) is 0 Å². The number of rotatable bonds is 7. The molecule has 164 valence electrons. The molecular formula is C26H19ClN2O4. The van der Waals surface area contributed by atoms with E-state index < -0.39 is 11.9 Å². The quantitative estimate of drug-likeness (QED) is 0.178. The molecule has 0 saturated carbocycles. The maximum atomic E-state index is 12.6. The van der Waals surface area contributed by atoms with Crippen molar-refractivity contribution >= 4 is 40.5 Å². The monoisotopic (exact) mass is 458 g/mol. The fraction of sp³-hybridized carbons (Fsp3) is 0.0385. The van der Waals surface area contributed by atoms with Crippen LogP contribution < -0.4 is 14.9 Å². The third kappa shape index (κ3) is 5.96. The number of nitrogens with zero attached hydrogens (tertiary/aromatic N) is 1. The van der Waals surface area contributed by atoms with Crippen LogP contribution in [0.15, 0.2) is 96.1 Å². The number of nitrogens with one attached hydrogen (secondary N) is 1. The van der Waals surface area contributed by atoms with Crippen molar-refractivity contribution in [2.45, 2.75) is 0 Å². The summed E-state index contributed by atoms with van der Waals surface area (Å²) >= 11 is 5.87. The van der Waals surface area contributed by atoms with Gasteiger partial charge in [-0.05, 0) is 64.9 Å². The normalized spacial score (nSPS) is 10.8. The van der Waals surface area contributed by atoms with Crippen LogP contribution in [0.5, 0.6) is 11.5 Å². The number of halogens is 1. The first-order valence-electron chi connectivity index (χ1n) is 10.1. The molecule has 0 bridgehead atoms. The second kappa shape index (κ2) is 10.4. The van der Waals surface area contributed by atoms with Gasteiger partial charge in [0.1, 0.15) is 11.5 Å². The third-order valence-corrected chi connectivity index (χ3v) is 4.90. The molecule has 1 N–H and O–H groups in total. The zero-order chi connectivity index (χ0) is 23.0. The van der Waals surface area contributed by atoms with Crippen molar-refractivity contribution in [2.24, 2.45) is 5.10 Å². The molecule has 0 aliphatic carbocycles. The number of ether oxygens (including phenoxy) is 2. The van der Waals surface area contributed by atoms with Crippen molar-refractivity contribution in [3.63, 3.8) is 0 Å². The lowest BCUT2D eigenvalue weighted by atomic mass is 10.0. The summed E-state index contributed by atoms with van der Waals surface area (Å²) in [7, 11) is 0. The van der Waals surface area contributed by atoms with Crippen LogP contribution in [-0.2, 0) is 4.79 Å². The van der Waals surface area contributed by atoms with Crippen LogP contribution in [0.2, 0.25) is 5.02 Å². The Morgan fingerprint density at radius 3 is 2.45 bits per heavy atom. The molecule has 0 aromatic heterocycles. The van der Waals surface area contributed by atoms with Gasteiger partial charge in [0.05, 0.1) is 11.8 Å². The number of hydrazone groups is 1. The molecule has 4 rings (SSSR count). The lowest BCUT2D eigenvalue weighted by Crippen LogP contribution is -2.24. The number of fused-ring (bicyclic) bond motifs is 1. The van der Waals surface area contributed by atoms with E-state index in [2.05, 4.69) is 10.5 Å². The first kappa shape index (κ1) is 22.0. The Morgan fingerprint density at radius 2 is 1.64 bits per heavy atom. The number of carbonyl (C=O) groups is 2. The lowest BCUT2D eigenvalue weighted by molar-refractivity contribution is -0.123. The summed E-state index contributed by atoms with van der Waals surface area (Å²) in [6, 6.07) is 26.7. The topological polar surface area (TPSA) is 77.0 Å². The molecule has 33 heavy (non-hydrogen) atoms. The number of carbonyl (C=O) groups excluding carboxylic acids is 2. The van der Waals surface area contributed by atoms with E-state index in [0.717, 1.165) is 16.3 Å². The van der Waals surface area contributed by atoms with Gasteiger partial charge in [-0.3, -0.25) is 4.79 Å². The molecule has 4 aromatic rings. The highest BCUT2D eigenvalue weighted by molar-refractivity contribution is 6.30. The van der Waals surface area contributed by atoms with E-state index in [-0.39, 0.29) is 6.61 Å². The predicted molar refractivity (Wildman–Crippen MR) is 128 cm³/mol. The van der Waals surface area contributed by atoms with E-state index >= 15 is 0 Å². The standard InChI is InChI=1S/C26H19ClN2O4/c27-20-7-4-8-22(15-20)32-17-25(30)29-28-16-18-11-13-21(14-12-18)33-26(31)24-10-3-6-19-5-1-2-9-23(19)24/h1-16H,17H2,(H,29,30)/b28-16+. The molecule has 0 heterocycles. The van der Waals surface area contributed by atoms with E-state index in [9.17, 15) is 9.59 Å². The third-order valence-electron chi connectivity index (χ3n) is 4.67. The minimum Gasteiger partial charge on any atom is -0.484 e. The van der Waals surface area contributed by atoms with E-state index in [1.165, 1.54) is 6.21 Å². The lowest BCUT2D eigenvalue weighted by Gasteiger charge is -2.07. The molecule has 0 radical (unpaired) electrons. The zero-order valence-corrected chi connectivity index (χ0v) is 18.2. The van der Waals surface area contributed by atoms with Crippen molar-refractivity contribution < 1.29 is 19.1 Å². The molecule has 0 unspecified atom stereocenters. The molecule has 0 saturated heterocycles. The van der Waals surface area contributed by atoms with Crippen molar-refractivity contribution in [1.82, 2.24) is 5.43 Å². The molecule has 0 aliphatic rings. The smallest absolute Gasteiger partial charge is 0.344 e. The number of hydrogen-bond donors (Lipinski definition) is 1. The Kier molecular flexibility index (Phi) is 6.97. The van der Waals surface area contributed by atoms with E-state index in [0.29, 0.717) is 22.1 Å². The van der Waals surface area contributed by atoms with Crippen molar-refractivity contribution in [3.05, 3.63) is 107 Å². The minimum absolute atomic E-state index is 0.194. The molecule has 0 aliphatic heterocycles. The van der Waals surface area contributed by atoms with Gasteiger partial charge in [-0.1, -0.05) is 54.1 Å². The Bertz CT molecular complexity index is 1310. The van der Waals surface area contributed by atoms with Crippen LogP contribution >= 0.6 is 11.6 Å². The van der Waals surface area contributed by atoms with Gasteiger partial charge in [0.2, 0.25) is 0 Å². The summed E-state index contributed by atoms with van der Waals surface area (Å²) < 4.78 is 10.9. The Morgan fingerprint density at radius 1 is 0.879 bits per heavy atom. The Labute approximate surface area is 195 Å². The second-order valence-electron chi connectivity index (χ2n) is 7.02. The first-order chi connectivity index (χ1) is 16.1. The highest BCUT2D eigenvalue weighted by Crippen LogP contribution is 2.21. The van der Waals surface area contributed by atoms with Gasteiger partial charge in [0.25, 0.3) is 5.91 Å². The fourth-order valence-corrected chi connectivity index (χ4v) is 3.28. The molecule has 0 fully saturated rings. The summed E-state index contributed by atoms with van der Waals surface area (Å²) in [4.78, 5) is 24.5. The van der Waals surface area contributed by atoms with Crippen LogP contribution in [0, 0.1) is 0 Å². The maximum absolute atomic E-state index is 12.6. The van der Waals surface area contributed by atoms with Crippen molar-refractivity contribution in [1.29, 1.82) is 0 Å². The van der Waals surface area contributed by atoms with Gasteiger partial charge in [0, 0.05) is 5.02 Å². The van der Waals surface area contributed by atoms with Crippen LogP contribution in [0.3, 0.4) is 0 Å². The molecule has 6 nitrogen and oxygen atoms in total.